The molecule has 10 nitrogen and oxygen atoms in total. The number of rotatable bonds is 9. The van der Waals surface area contributed by atoms with Gasteiger partial charge in [-0.1, -0.05) is 19.3 Å². The summed E-state index contributed by atoms with van der Waals surface area (Å²) in [6.45, 7) is -0.538. The van der Waals surface area contributed by atoms with Gasteiger partial charge < -0.3 is 39.7 Å². The Bertz CT molecular complexity index is 990. The number of ether oxygens (including phenoxy) is 3. The van der Waals surface area contributed by atoms with E-state index in [1.807, 2.05) is 0 Å². The van der Waals surface area contributed by atoms with Gasteiger partial charge in [0.25, 0.3) is 0 Å². The molecule has 0 aromatic heterocycles. The van der Waals surface area contributed by atoms with E-state index < -0.39 is 30.1 Å². The van der Waals surface area contributed by atoms with Gasteiger partial charge in [-0.15, -0.1) is 0 Å². The van der Waals surface area contributed by atoms with Crippen molar-refractivity contribution in [3.63, 3.8) is 0 Å². The molecule has 0 spiro atoms. The van der Waals surface area contributed by atoms with Crippen LogP contribution in [0.3, 0.4) is 0 Å². The molecular formula is C26H36N2O8. The molecule has 2 amide bonds. The molecule has 1 fully saturated rings. The number of hydrogen-bond donors (Lipinski definition) is 4. The number of amides is 2. The molecule has 0 radical (unpaired) electrons. The normalized spacial score (nSPS) is 25.3. The van der Waals surface area contributed by atoms with Crippen molar-refractivity contribution in [2.45, 2.75) is 68.9 Å². The van der Waals surface area contributed by atoms with E-state index in [-0.39, 0.29) is 38.3 Å². The van der Waals surface area contributed by atoms with Crippen molar-refractivity contribution in [3.05, 3.63) is 34.9 Å². The smallest absolute Gasteiger partial charge is 0.249 e. The third-order valence-corrected chi connectivity index (χ3v) is 7.34. The van der Waals surface area contributed by atoms with E-state index in [9.17, 15) is 24.9 Å². The summed E-state index contributed by atoms with van der Waals surface area (Å²) >= 11 is 0. The predicted octanol–water partition coefficient (Wildman–Crippen LogP) is 0.618. The lowest BCUT2D eigenvalue weighted by atomic mass is 9.76. The monoisotopic (exact) mass is 504 g/mol. The minimum atomic E-state index is -1.12. The highest BCUT2D eigenvalue weighted by atomic mass is 16.5. The van der Waals surface area contributed by atoms with Crippen LogP contribution in [0.15, 0.2) is 23.8 Å². The van der Waals surface area contributed by atoms with E-state index in [2.05, 4.69) is 5.32 Å². The fraction of sp³-hybridized carbons (Fsp3) is 0.615. The van der Waals surface area contributed by atoms with Crippen molar-refractivity contribution >= 4 is 11.8 Å². The Balaban J connectivity index is 1.81. The molecule has 4 N–H and O–H groups in total. The molecule has 198 valence electrons. The second-order valence-electron chi connectivity index (χ2n) is 9.54. The van der Waals surface area contributed by atoms with Gasteiger partial charge in [-0.25, -0.2) is 0 Å². The Morgan fingerprint density at radius 1 is 1.17 bits per heavy atom. The van der Waals surface area contributed by atoms with Gasteiger partial charge in [0.05, 0.1) is 32.3 Å². The molecule has 1 aromatic rings. The van der Waals surface area contributed by atoms with Gasteiger partial charge in [0.1, 0.15) is 18.8 Å². The maximum Gasteiger partial charge on any atom is 0.249 e. The van der Waals surface area contributed by atoms with Gasteiger partial charge in [-0.2, -0.15) is 0 Å². The number of aliphatic hydroxyl groups is 3. The average Bonchev–Trinajstić information content (AvgIpc) is 3.29. The number of carbonyl (C=O) groups excluding carboxylic acids is 2. The Morgan fingerprint density at radius 3 is 2.56 bits per heavy atom. The van der Waals surface area contributed by atoms with Crippen LogP contribution in [-0.4, -0.2) is 90.3 Å². The number of nitrogens with zero attached hydrogens (tertiary/aromatic N) is 1. The zero-order chi connectivity index (χ0) is 25.8. The first kappa shape index (κ1) is 26.4. The highest BCUT2D eigenvalue weighted by Gasteiger charge is 2.52. The molecule has 3 aliphatic rings. The zero-order valence-electron chi connectivity index (χ0n) is 20.8. The second-order valence-corrected chi connectivity index (χ2v) is 9.54. The Morgan fingerprint density at radius 2 is 1.92 bits per heavy atom. The SMILES string of the molecule is COCC(=O)N(C1CCCCC1)C1C=C(C(=O)NCCO)C2c3cc(CO)cc(OC)c3OC2C1O. The van der Waals surface area contributed by atoms with Crippen LogP contribution in [0.4, 0.5) is 0 Å². The first-order chi connectivity index (χ1) is 17.4. The molecule has 4 atom stereocenters. The molecule has 1 heterocycles. The minimum absolute atomic E-state index is 0.0590. The first-order valence-electron chi connectivity index (χ1n) is 12.5. The zero-order valence-corrected chi connectivity index (χ0v) is 20.8. The van der Waals surface area contributed by atoms with Gasteiger partial charge >= 0.3 is 0 Å². The first-order valence-corrected chi connectivity index (χ1v) is 12.5. The summed E-state index contributed by atoms with van der Waals surface area (Å²) in [5.74, 6) is -0.518. The standard InChI is InChI=1S/C26H36N2O8/c1-34-14-21(31)28(16-6-4-3-5-7-16)19-12-18(26(33)27-8-9-29)22-17-10-15(13-30)11-20(35-2)24(17)36-25(22)23(19)32/h10-12,16,19,22-23,25,29-30,32H,3-9,13-14H2,1-2H3,(H,27,33). The summed E-state index contributed by atoms with van der Waals surface area (Å²) in [7, 11) is 2.94. The molecule has 4 unspecified atom stereocenters. The molecule has 0 bridgehead atoms. The van der Waals surface area contributed by atoms with E-state index >= 15 is 0 Å². The number of hydrogen-bond acceptors (Lipinski definition) is 8. The lowest BCUT2D eigenvalue weighted by Gasteiger charge is -2.45. The second kappa shape index (κ2) is 11.6. The molecule has 1 aliphatic heterocycles. The van der Waals surface area contributed by atoms with Crippen LogP contribution in [0, 0.1) is 0 Å². The molecule has 2 aliphatic carbocycles. The molecule has 4 rings (SSSR count). The van der Waals surface area contributed by atoms with Gasteiger partial charge in [0.2, 0.25) is 11.8 Å². The van der Waals surface area contributed by atoms with Crippen LogP contribution in [-0.2, 0) is 20.9 Å². The number of methoxy groups -OCH3 is 2. The van der Waals surface area contributed by atoms with E-state index in [4.69, 9.17) is 14.2 Å². The molecular weight excluding hydrogens is 468 g/mol. The van der Waals surface area contributed by atoms with E-state index in [1.54, 1.807) is 23.1 Å². The summed E-state index contributed by atoms with van der Waals surface area (Å²) in [5.41, 5.74) is 1.55. The number of benzene rings is 1. The predicted molar refractivity (Wildman–Crippen MR) is 130 cm³/mol. The fourth-order valence-electron chi connectivity index (χ4n) is 5.76. The van der Waals surface area contributed by atoms with Crippen molar-refractivity contribution in [3.8, 4) is 11.5 Å². The Labute approximate surface area is 210 Å². The highest BCUT2D eigenvalue weighted by Crippen LogP contribution is 2.51. The van der Waals surface area contributed by atoms with E-state index in [0.29, 0.717) is 28.2 Å². The largest absolute Gasteiger partial charge is 0.493 e. The van der Waals surface area contributed by atoms with Crippen LogP contribution in [0.1, 0.15) is 49.1 Å². The van der Waals surface area contributed by atoms with Crippen molar-refractivity contribution < 1.29 is 39.1 Å². The molecule has 0 saturated heterocycles. The lowest BCUT2D eigenvalue weighted by Crippen LogP contribution is -2.59. The van der Waals surface area contributed by atoms with E-state index in [0.717, 1.165) is 32.1 Å². The summed E-state index contributed by atoms with van der Waals surface area (Å²) in [4.78, 5) is 28.3. The summed E-state index contributed by atoms with van der Waals surface area (Å²) in [6, 6.07) is 2.52. The summed E-state index contributed by atoms with van der Waals surface area (Å²) < 4.78 is 16.9. The average molecular weight is 505 g/mol. The van der Waals surface area contributed by atoms with Crippen LogP contribution < -0.4 is 14.8 Å². The maximum atomic E-state index is 13.3. The molecule has 1 aromatic carbocycles. The topological polar surface area (TPSA) is 138 Å². The quantitative estimate of drug-likeness (QED) is 0.384. The number of aliphatic hydroxyl groups excluding tert-OH is 3. The summed E-state index contributed by atoms with van der Waals surface area (Å²) in [6.07, 6.45) is 4.35. The number of nitrogens with one attached hydrogen (secondary N) is 1. The van der Waals surface area contributed by atoms with Gasteiger partial charge in [-0.3, -0.25) is 9.59 Å². The van der Waals surface area contributed by atoms with Crippen LogP contribution >= 0.6 is 0 Å². The van der Waals surface area contributed by atoms with Crippen molar-refractivity contribution in [1.82, 2.24) is 10.2 Å². The van der Waals surface area contributed by atoms with Crippen molar-refractivity contribution in [2.75, 3.05) is 34.0 Å². The van der Waals surface area contributed by atoms with Crippen molar-refractivity contribution in [2.24, 2.45) is 0 Å². The Hall–Kier alpha value is -2.66. The fourth-order valence-corrected chi connectivity index (χ4v) is 5.76. The third kappa shape index (κ3) is 4.95. The number of carbonyl (C=O) groups is 2. The number of fused-ring (bicyclic) bond motifs is 3. The highest BCUT2D eigenvalue weighted by molar-refractivity contribution is 5.96. The molecule has 36 heavy (non-hydrogen) atoms. The maximum absolute atomic E-state index is 13.3. The summed E-state index contributed by atoms with van der Waals surface area (Å²) in [5, 5.41) is 33.4. The van der Waals surface area contributed by atoms with Crippen LogP contribution in [0.25, 0.3) is 0 Å². The van der Waals surface area contributed by atoms with Crippen LogP contribution in [0.5, 0.6) is 11.5 Å². The van der Waals surface area contributed by atoms with Gasteiger partial charge in [0, 0.05) is 30.8 Å². The van der Waals surface area contributed by atoms with Crippen LogP contribution in [0.2, 0.25) is 0 Å². The third-order valence-electron chi connectivity index (χ3n) is 7.34. The Kier molecular flexibility index (Phi) is 8.50. The van der Waals surface area contributed by atoms with Crippen molar-refractivity contribution in [1.29, 1.82) is 0 Å². The van der Waals surface area contributed by atoms with Gasteiger partial charge in [-0.05, 0) is 36.6 Å². The molecule has 1 saturated carbocycles. The van der Waals surface area contributed by atoms with Gasteiger partial charge in [0.15, 0.2) is 11.5 Å². The molecule has 10 heteroatoms. The van der Waals surface area contributed by atoms with E-state index in [1.165, 1.54) is 14.2 Å². The minimum Gasteiger partial charge on any atom is -0.493 e. The lowest BCUT2D eigenvalue weighted by molar-refractivity contribution is -0.145.